The lowest BCUT2D eigenvalue weighted by molar-refractivity contribution is -0.135. The molecule has 1 heterocycles. The Kier molecular flexibility index (Phi) is 4.85. The van der Waals surface area contributed by atoms with E-state index in [4.69, 9.17) is 0 Å². The van der Waals surface area contributed by atoms with Crippen LogP contribution >= 0.6 is 12.4 Å². The summed E-state index contributed by atoms with van der Waals surface area (Å²) >= 11 is 0. The van der Waals surface area contributed by atoms with Crippen molar-refractivity contribution < 1.29 is 4.79 Å². The maximum atomic E-state index is 12.0. The average Bonchev–Trinajstić information content (AvgIpc) is 2.24. The molecule has 2 fully saturated rings. The molecule has 2 aliphatic rings. The second-order valence-corrected chi connectivity index (χ2v) is 6.16. The highest BCUT2D eigenvalue weighted by molar-refractivity contribution is 5.85. The molecule has 0 aromatic rings. The van der Waals surface area contributed by atoms with Crippen molar-refractivity contribution in [3.05, 3.63) is 0 Å². The minimum Gasteiger partial charge on any atom is -0.355 e. The van der Waals surface area contributed by atoms with Crippen LogP contribution in [0.1, 0.15) is 46.0 Å². The Morgan fingerprint density at radius 1 is 1.18 bits per heavy atom. The SMILES string of the molecule is CC1(CNC(=O)C2(C)CCC2)CCNCC1.Cl. The second-order valence-electron chi connectivity index (χ2n) is 6.16. The molecule has 1 saturated carbocycles. The zero-order valence-corrected chi connectivity index (χ0v) is 11.8. The Morgan fingerprint density at radius 2 is 1.76 bits per heavy atom. The fraction of sp³-hybridized carbons (Fsp3) is 0.923. The Balaban J connectivity index is 0.00000144. The van der Waals surface area contributed by atoms with Crippen molar-refractivity contribution in [2.75, 3.05) is 19.6 Å². The summed E-state index contributed by atoms with van der Waals surface area (Å²) in [5.41, 5.74) is 0.254. The number of rotatable bonds is 3. The van der Waals surface area contributed by atoms with Crippen molar-refractivity contribution in [2.45, 2.75) is 46.0 Å². The van der Waals surface area contributed by atoms with Crippen LogP contribution in [0.2, 0.25) is 0 Å². The van der Waals surface area contributed by atoms with Gasteiger partial charge in [-0.25, -0.2) is 0 Å². The van der Waals surface area contributed by atoms with Crippen LogP contribution in [-0.4, -0.2) is 25.5 Å². The van der Waals surface area contributed by atoms with Crippen LogP contribution in [0.4, 0.5) is 0 Å². The Labute approximate surface area is 111 Å². The highest BCUT2D eigenvalue weighted by Gasteiger charge is 2.39. The van der Waals surface area contributed by atoms with Gasteiger partial charge in [-0.1, -0.05) is 20.3 Å². The first-order valence-electron chi connectivity index (χ1n) is 6.53. The summed E-state index contributed by atoms with van der Waals surface area (Å²) in [5, 5.41) is 6.54. The molecular formula is C13H25ClN2O. The molecule has 0 aromatic carbocycles. The van der Waals surface area contributed by atoms with Gasteiger partial charge in [-0.15, -0.1) is 12.4 Å². The van der Waals surface area contributed by atoms with Gasteiger partial charge in [0.05, 0.1) is 0 Å². The maximum absolute atomic E-state index is 12.0. The molecule has 0 unspecified atom stereocenters. The van der Waals surface area contributed by atoms with Crippen molar-refractivity contribution >= 4 is 18.3 Å². The molecule has 1 amide bonds. The van der Waals surface area contributed by atoms with E-state index >= 15 is 0 Å². The van der Waals surface area contributed by atoms with Crippen LogP contribution in [-0.2, 0) is 4.79 Å². The third-order valence-corrected chi connectivity index (χ3v) is 4.49. The Hall–Kier alpha value is -0.280. The molecule has 0 atom stereocenters. The summed E-state index contributed by atoms with van der Waals surface area (Å²) in [6, 6.07) is 0. The van der Waals surface area contributed by atoms with Gasteiger partial charge in [0.15, 0.2) is 0 Å². The molecule has 0 bridgehead atoms. The molecule has 1 aliphatic heterocycles. The first kappa shape index (κ1) is 14.8. The van der Waals surface area contributed by atoms with Crippen LogP contribution in [0.3, 0.4) is 0 Å². The number of hydrogen-bond acceptors (Lipinski definition) is 2. The highest BCUT2D eigenvalue weighted by atomic mass is 35.5. The van der Waals surface area contributed by atoms with Crippen molar-refractivity contribution in [3.8, 4) is 0 Å². The second kappa shape index (κ2) is 5.57. The molecule has 2 rings (SSSR count). The van der Waals surface area contributed by atoms with Crippen LogP contribution in [0, 0.1) is 10.8 Å². The fourth-order valence-electron chi connectivity index (χ4n) is 2.65. The van der Waals surface area contributed by atoms with E-state index in [0.29, 0.717) is 5.41 Å². The van der Waals surface area contributed by atoms with Gasteiger partial charge in [0.1, 0.15) is 0 Å². The predicted octanol–water partition coefficient (Wildman–Crippen LogP) is 2.10. The number of carbonyl (C=O) groups excluding carboxylic acids is 1. The first-order chi connectivity index (χ1) is 7.54. The van der Waals surface area contributed by atoms with Gasteiger partial charge in [-0.2, -0.15) is 0 Å². The van der Waals surface area contributed by atoms with E-state index in [-0.39, 0.29) is 23.7 Å². The Morgan fingerprint density at radius 3 is 2.24 bits per heavy atom. The van der Waals surface area contributed by atoms with Gasteiger partial charge in [0.2, 0.25) is 5.91 Å². The first-order valence-corrected chi connectivity index (χ1v) is 6.53. The number of nitrogens with one attached hydrogen (secondary N) is 2. The highest BCUT2D eigenvalue weighted by Crippen LogP contribution is 2.40. The zero-order chi connectivity index (χ0) is 11.6. The van der Waals surface area contributed by atoms with Gasteiger partial charge < -0.3 is 10.6 Å². The summed E-state index contributed by atoms with van der Waals surface area (Å²) < 4.78 is 0. The standard InChI is InChI=1S/C13H24N2O.ClH/c1-12(6-8-14-9-7-12)10-15-11(16)13(2)4-3-5-13;/h14H,3-10H2,1-2H3,(H,15,16);1H. The molecule has 0 aromatic heterocycles. The molecule has 2 N–H and O–H groups in total. The number of halogens is 1. The number of piperidine rings is 1. The monoisotopic (exact) mass is 260 g/mol. The molecule has 1 saturated heterocycles. The van der Waals surface area contributed by atoms with Crippen LogP contribution in [0.15, 0.2) is 0 Å². The van der Waals surface area contributed by atoms with Gasteiger partial charge in [-0.05, 0) is 44.2 Å². The minimum absolute atomic E-state index is 0. The van der Waals surface area contributed by atoms with Crippen molar-refractivity contribution in [2.24, 2.45) is 10.8 Å². The summed E-state index contributed by atoms with van der Waals surface area (Å²) in [4.78, 5) is 12.0. The van der Waals surface area contributed by atoms with Gasteiger partial charge in [0.25, 0.3) is 0 Å². The van der Waals surface area contributed by atoms with Gasteiger partial charge in [0, 0.05) is 12.0 Å². The van der Waals surface area contributed by atoms with Crippen molar-refractivity contribution in [3.63, 3.8) is 0 Å². The van der Waals surface area contributed by atoms with Gasteiger partial charge >= 0.3 is 0 Å². The van der Waals surface area contributed by atoms with Crippen molar-refractivity contribution in [1.82, 2.24) is 10.6 Å². The van der Waals surface area contributed by atoms with E-state index in [1.807, 2.05) is 0 Å². The smallest absolute Gasteiger partial charge is 0.225 e. The normalized spacial score (nSPS) is 25.3. The maximum Gasteiger partial charge on any atom is 0.225 e. The molecule has 0 spiro atoms. The third kappa shape index (κ3) is 3.35. The van der Waals surface area contributed by atoms with E-state index in [1.165, 1.54) is 19.3 Å². The molecule has 0 radical (unpaired) electrons. The molecule has 4 heteroatoms. The lowest BCUT2D eigenvalue weighted by Crippen LogP contribution is -2.48. The van der Waals surface area contributed by atoms with E-state index in [0.717, 1.165) is 32.5 Å². The Bertz CT molecular complexity index is 271. The molecule has 1 aliphatic carbocycles. The quantitative estimate of drug-likeness (QED) is 0.816. The van der Waals surface area contributed by atoms with E-state index < -0.39 is 0 Å². The number of carbonyl (C=O) groups is 1. The number of amides is 1. The minimum atomic E-state index is -0.0523. The molecule has 3 nitrogen and oxygen atoms in total. The van der Waals surface area contributed by atoms with E-state index in [1.54, 1.807) is 0 Å². The zero-order valence-electron chi connectivity index (χ0n) is 11.0. The average molecular weight is 261 g/mol. The summed E-state index contributed by atoms with van der Waals surface area (Å²) in [5.74, 6) is 0.276. The van der Waals surface area contributed by atoms with Crippen LogP contribution < -0.4 is 10.6 Å². The van der Waals surface area contributed by atoms with Crippen LogP contribution in [0.5, 0.6) is 0 Å². The van der Waals surface area contributed by atoms with Gasteiger partial charge in [-0.3, -0.25) is 4.79 Å². The van der Waals surface area contributed by atoms with Crippen molar-refractivity contribution in [1.29, 1.82) is 0 Å². The lowest BCUT2D eigenvalue weighted by Gasteiger charge is -2.39. The third-order valence-electron chi connectivity index (χ3n) is 4.49. The topological polar surface area (TPSA) is 41.1 Å². The predicted molar refractivity (Wildman–Crippen MR) is 72.4 cm³/mol. The van der Waals surface area contributed by atoms with Crippen LogP contribution in [0.25, 0.3) is 0 Å². The molecule has 17 heavy (non-hydrogen) atoms. The summed E-state index contributed by atoms with van der Waals surface area (Å²) in [6.07, 6.45) is 5.69. The number of hydrogen-bond donors (Lipinski definition) is 2. The fourth-order valence-corrected chi connectivity index (χ4v) is 2.65. The van der Waals surface area contributed by atoms with E-state index in [9.17, 15) is 4.79 Å². The molecular weight excluding hydrogens is 236 g/mol. The molecule has 100 valence electrons. The summed E-state index contributed by atoms with van der Waals surface area (Å²) in [6.45, 7) is 7.41. The largest absolute Gasteiger partial charge is 0.355 e. The summed E-state index contributed by atoms with van der Waals surface area (Å²) in [7, 11) is 0. The van der Waals surface area contributed by atoms with E-state index in [2.05, 4.69) is 24.5 Å². The lowest BCUT2D eigenvalue weighted by atomic mass is 9.69.